The first-order chi connectivity index (χ1) is 45.4. The third-order valence-electron chi connectivity index (χ3n) is 21.5. The van der Waals surface area contributed by atoms with Crippen molar-refractivity contribution in [2.24, 2.45) is 35.5 Å². The third kappa shape index (κ3) is 21.4. The number of likely N-dealkylation sites (tertiary alicyclic amines) is 1. The van der Waals surface area contributed by atoms with Gasteiger partial charge in [0, 0.05) is 74.8 Å². The average molecular weight is 1400 g/mol. The number of nitrogens with zero attached hydrogens (tertiary/aromatic N) is 9. The van der Waals surface area contributed by atoms with E-state index in [0.717, 1.165) is 58.1 Å². The zero-order chi connectivity index (χ0) is 72.7. The number of rotatable bonds is 11. The first-order valence-electron chi connectivity index (χ1n) is 35.3. The fourth-order valence-corrected chi connectivity index (χ4v) is 15.2. The lowest BCUT2D eigenvalue weighted by Crippen LogP contribution is -2.65. The van der Waals surface area contributed by atoms with Crippen LogP contribution in [0.4, 0.5) is 13.2 Å². The normalized spacial score (nSPS) is 29.0. The molecule has 0 radical (unpaired) electrons. The molecule has 1 spiro atoms. The second kappa shape index (κ2) is 36.2. The number of likely N-dealkylation sites (N-methyl/N-ethyl adjacent to an activating group) is 8. The summed E-state index contributed by atoms with van der Waals surface area (Å²) >= 11 is 6.36. The minimum absolute atomic E-state index is 0.0148. The predicted molar refractivity (Wildman–Crippen MR) is 360 cm³/mol. The van der Waals surface area contributed by atoms with Crippen LogP contribution in [0.3, 0.4) is 0 Å². The molecular formula is C69H114ClF3N12O12. The Balaban J connectivity index is 1.59. The standard InChI is InChI=1S/C69H114ClF3N12O12/c1-16-44(6)58-65(95)79(10)40-56(88)77(8)41-57(89)82(13)52(37-46-25-19-17-20-26-46)63(93)78(9)39-54(86)74-50(30-28-47-27-29-48(49(70)36-47)69(71,72)73)62(92)80(11)45(7)60(90)76-68(31-21-22-32-68)67(97)84(15)59(43(4)5)66(96)83(14)53(64(94)85-33-23-18-24-34-85)38-55(87)81(12)51(35-42(2)3)61(91)75-58/h42-53,58-59H,16-41H2,1-15H3,(H,74,86)(H,75,91)(H,76,90)/t44-,45-,47?,48?,49?,50-,51-,52-,53-,58-,59-/m0/s1. The molecule has 5 fully saturated rings. The van der Waals surface area contributed by atoms with Crippen molar-refractivity contribution in [3.05, 3.63) is 0 Å². The van der Waals surface area contributed by atoms with Gasteiger partial charge < -0.3 is 60.0 Å². The maximum Gasteiger partial charge on any atom is 0.393 e. The summed E-state index contributed by atoms with van der Waals surface area (Å²) < 4.78 is 41.8. The summed E-state index contributed by atoms with van der Waals surface area (Å²) in [7, 11) is 11.2. The smallest absolute Gasteiger partial charge is 0.343 e. The zero-order valence-electron chi connectivity index (χ0n) is 60.4. The second-order valence-electron chi connectivity index (χ2n) is 29.5. The lowest BCUT2D eigenvalue weighted by molar-refractivity contribution is -0.182. The molecule has 11 atom stereocenters. The van der Waals surface area contributed by atoms with Gasteiger partial charge in [0.05, 0.1) is 32.0 Å². The van der Waals surface area contributed by atoms with Crippen molar-refractivity contribution in [2.45, 2.75) is 243 Å². The Labute approximate surface area is 578 Å². The van der Waals surface area contributed by atoms with E-state index in [0.29, 0.717) is 45.2 Å². The van der Waals surface area contributed by atoms with Crippen molar-refractivity contribution >= 4 is 82.5 Å². The number of carbonyl (C=O) groups excluding carboxylic acids is 12. The third-order valence-corrected chi connectivity index (χ3v) is 21.9. The molecule has 2 saturated heterocycles. The predicted octanol–water partition coefficient (Wildman–Crippen LogP) is 5.42. The summed E-state index contributed by atoms with van der Waals surface area (Å²) in [4.78, 5) is 188. The lowest BCUT2D eigenvalue weighted by Gasteiger charge is -2.42. The summed E-state index contributed by atoms with van der Waals surface area (Å²) in [6, 6.07) is -8.87. The molecule has 24 nitrogen and oxygen atoms in total. The number of carbonyl (C=O) groups is 12. The van der Waals surface area contributed by atoms with Gasteiger partial charge in [0.1, 0.15) is 47.8 Å². The van der Waals surface area contributed by atoms with Crippen LogP contribution in [0, 0.1) is 35.5 Å². The first kappa shape index (κ1) is 81.4. The van der Waals surface area contributed by atoms with E-state index in [1.165, 1.54) is 82.9 Å². The Morgan fingerprint density at radius 1 is 0.598 bits per heavy atom. The minimum atomic E-state index is -4.51. The van der Waals surface area contributed by atoms with Gasteiger partial charge in [-0.25, -0.2) is 0 Å². The van der Waals surface area contributed by atoms with Crippen LogP contribution in [0.25, 0.3) is 0 Å². The zero-order valence-corrected chi connectivity index (χ0v) is 61.2. The van der Waals surface area contributed by atoms with Gasteiger partial charge in [-0.15, -0.1) is 11.6 Å². The Morgan fingerprint density at radius 3 is 1.74 bits per heavy atom. The summed E-state index contributed by atoms with van der Waals surface area (Å²) in [6.45, 7) is 11.3. The highest BCUT2D eigenvalue weighted by Gasteiger charge is 2.51. The molecular weight excluding hydrogens is 1280 g/mol. The Morgan fingerprint density at radius 2 is 1.18 bits per heavy atom. The Kier molecular flexibility index (Phi) is 30.4. The molecule has 3 saturated carbocycles. The molecule has 97 heavy (non-hydrogen) atoms. The van der Waals surface area contributed by atoms with E-state index in [1.807, 2.05) is 20.8 Å². The highest BCUT2D eigenvalue weighted by Crippen LogP contribution is 2.44. The van der Waals surface area contributed by atoms with E-state index in [-0.39, 0.29) is 75.5 Å². The molecule has 5 aliphatic rings. The average Bonchev–Trinajstić information content (AvgIpc) is 1.61. The number of halogens is 4. The van der Waals surface area contributed by atoms with Gasteiger partial charge in [-0.1, -0.05) is 92.9 Å². The largest absolute Gasteiger partial charge is 0.393 e. The van der Waals surface area contributed by atoms with Crippen molar-refractivity contribution in [3.8, 4) is 0 Å². The van der Waals surface area contributed by atoms with E-state index in [2.05, 4.69) is 16.0 Å². The van der Waals surface area contributed by atoms with E-state index in [9.17, 15) is 61.1 Å². The van der Waals surface area contributed by atoms with E-state index < -0.39 is 174 Å². The van der Waals surface area contributed by atoms with Crippen LogP contribution in [0.15, 0.2) is 0 Å². The maximum atomic E-state index is 15.3. The molecule has 0 aromatic rings. The summed E-state index contributed by atoms with van der Waals surface area (Å²) in [5.74, 6) is -11.3. The fraction of sp³-hybridized carbons (Fsp3) is 0.826. The molecule has 0 bridgehead atoms. The number of piperidine rings is 1. The van der Waals surface area contributed by atoms with Gasteiger partial charge in [-0.3, -0.25) is 57.5 Å². The van der Waals surface area contributed by atoms with Crippen molar-refractivity contribution in [1.82, 2.24) is 60.0 Å². The monoisotopic (exact) mass is 1390 g/mol. The summed E-state index contributed by atoms with van der Waals surface area (Å²) in [5, 5.41) is 7.37. The highest BCUT2D eigenvalue weighted by molar-refractivity contribution is 6.20. The van der Waals surface area contributed by atoms with Crippen molar-refractivity contribution in [1.29, 1.82) is 0 Å². The molecule has 5 rings (SSSR count). The van der Waals surface area contributed by atoms with Gasteiger partial charge >= 0.3 is 6.18 Å². The fourth-order valence-electron chi connectivity index (χ4n) is 14.7. The molecule has 0 aromatic heterocycles. The number of amides is 12. The molecule has 550 valence electrons. The van der Waals surface area contributed by atoms with Crippen LogP contribution in [0.5, 0.6) is 0 Å². The number of hydrogen-bond donors (Lipinski definition) is 3. The van der Waals surface area contributed by atoms with E-state index >= 15 is 9.59 Å². The van der Waals surface area contributed by atoms with Gasteiger partial charge in [0.15, 0.2) is 0 Å². The topological polar surface area (TPSA) is 270 Å². The van der Waals surface area contributed by atoms with Crippen LogP contribution < -0.4 is 16.0 Å². The van der Waals surface area contributed by atoms with Gasteiger partial charge in [0.25, 0.3) is 0 Å². The van der Waals surface area contributed by atoms with Crippen LogP contribution in [0.1, 0.15) is 183 Å². The van der Waals surface area contributed by atoms with Crippen molar-refractivity contribution < 1.29 is 70.7 Å². The van der Waals surface area contributed by atoms with Crippen molar-refractivity contribution in [3.63, 3.8) is 0 Å². The Bertz CT molecular complexity index is 2780. The second-order valence-corrected chi connectivity index (χ2v) is 30.1. The first-order valence-corrected chi connectivity index (χ1v) is 35.8. The molecule has 2 heterocycles. The lowest BCUT2D eigenvalue weighted by atomic mass is 9.78. The van der Waals surface area contributed by atoms with Crippen LogP contribution in [-0.4, -0.2) is 263 Å². The molecule has 2 aliphatic heterocycles. The molecule has 3 aliphatic carbocycles. The Hall–Kier alpha value is -6.28. The van der Waals surface area contributed by atoms with Crippen LogP contribution in [0.2, 0.25) is 0 Å². The van der Waals surface area contributed by atoms with E-state index in [4.69, 9.17) is 11.6 Å². The molecule has 0 aromatic carbocycles. The summed E-state index contributed by atoms with van der Waals surface area (Å²) in [6.07, 6.45) is 3.51. The maximum absolute atomic E-state index is 15.3. The van der Waals surface area contributed by atoms with Crippen LogP contribution in [-0.2, 0) is 57.5 Å². The molecule has 3 unspecified atom stereocenters. The molecule has 3 N–H and O–H groups in total. The minimum Gasteiger partial charge on any atom is -0.343 e. The van der Waals surface area contributed by atoms with Gasteiger partial charge in [-0.2, -0.15) is 13.2 Å². The quantitative estimate of drug-likeness (QED) is 0.219. The van der Waals surface area contributed by atoms with Crippen LogP contribution >= 0.6 is 11.6 Å². The number of alkyl halides is 4. The molecule has 12 amide bonds. The van der Waals surface area contributed by atoms with Gasteiger partial charge in [0.2, 0.25) is 70.9 Å². The number of hydrogen-bond acceptors (Lipinski definition) is 12. The summed E-state index contributed by atoms with van der Waals surface area (Å²) in [5.41, 5.74) is -1.59. The van der Waals surface area contributed by atoms with E-state index in [1.54, 1.807) is 25.7 Å². The molecule has 28 heteroatoms. The number of nitrogens with one attached hydrogen (secondary N) is 3. The van der Waals surface area contributed by atoms with Crippen molar-refractivity contribution in [2.75, 3.05) is 89.1 Å². The SMILES string of the molecule is CC[C@H](C)[C@@H]1NC(=O)[C@H](CC(C)C)N(C)C(=O)C[C@@H](C(=O)N2CCCCC2)N(C)C(=O)[C@H](C(C)C)N(C)C(=O)C2(CCCC2)NC(=O)[C@H](C)N(C)C(=O)[C@H](CCC2CCC(C(F)(F)F)C(Cl)C2)NC(=O)CN(C)C(=O)[C@H](CC2CCCCC2)N(C)C(=O)CN(C)C(=O)CN(C)C1=O. The highest BCUT2D eigenvalue weighted by atomic mass is 35.5. The van der Waals surface area contributed by atoms with Gasteiger partial charge in [-0.05, 0) is 114 Å².